The molecule has 1 aliphatic carbocycles. The Bertz CT molecular complexity index is 962. The van der Waals surface area contributed by atoms with Crippen molar-refractivity contribution in [2.24, 2.45) is 5.92 Å². The number of hydrogen-bond acceptors (Lipinski definition) is 6. The highest BCUT2D eigenvalue weighted by atomic mass is 16.5. The summed E-state index contributed by atoms with van der Waals surface area (Å²) in [5, 5.41) is 11.7. The Balaban J connectivity index is 0.00000363. The van der Waals surface area contributed by atoms with Crippen LogP contribution in [-0.2, 0) is 4.74 Å². The van der Waals surface area contributed by atoms with Crippen LogP contribution in [-0.4, -0.2) is 80.2 Å². The van der Waals surface area contributed by atoms with Gasteiger partial charge >= 0.3 is 0 Å². The number of ketones is 2. The molecular weight excluding hydrogens is 410 g/mol. The molecule has 2 N–H and O–H groups in total. The topological polar surface area (TPSA) is 103 Å². The smallest absolute Gasteiger partial charge is 0.174 e. The molecule has 1 aliphatic rings. The normalized spacial score (nSPS) is 16.6. The zero-order valence-electron chi connectivity index (χ0n) is 19.0. The monoisotopic (exact) mass is 443 g/mol. The van der Waals surface area contributed by atoms with Crippen molar-refractivity contribution in [3.05, 3.63) is 54.1 Å². The summed E-state index contributed by atoms with van der Waals surface area (Å²) in [6, 6.07) is 9.08. The lowest BCUT2D eigenvalue weighted by atomic mass is 9.78. The van der Waals surface area contributed by atoms with Gasteiger partial charge in [-0.25, -0.2) is 0 Å². The Kier molecular flexibility index (Phi) is 8.69. The minimum absolute atomic E-state index is 0. The van der Waals surface area contributed by atoms with Gasteiger partial charge in [0.25, 0.3) is 0 Å². The number of carbonyl (C=O) groups excluding carboxylic acids is 2. The van der Waals surface area contributed by atoms with Crippen LogP contribution >= 0.6 is 0 Å². The van der Waals surface area contributed by atoms with Gasteiger partial charge in [0.1, 0.15) is 18.4 Å². The summed E-state index contributed by atoms with van der Waals surface area (Å²) in [7, 11) is 5.65. The van der Waals surface area contributed by atoms with E-state index in [1.807, 2.05) is 26.2 Å². The molecule has 2 unspecified atom stereocenters. The standard InChI is InChI=1S/C25H32NO5.H2O/c1-5-14-31-16-17(27)15-26(2,3)13-7-10-21-24(28)19-9-6-8-18-22(30-4)12-11-20(23(18)19)25(21)29;/h5-6,8-9,11-12,17,21,27H,1,7,10,13-16H2,2-4H3;1H2/q+1;/p-1. The van der Waals surface area contributed by atoms with Gasteiger partial charge in [-0.05, 0) is 25.0 Å². The van der Waals surface area contributed by atoms with E-state index in [9.17, 15) is 14.7 Å². The number of methoxy groups -OCH3 is 1. The number of aliphatic hydroxyl groups is 1. The Morgan fingerprint density at radius 3 is 2.50 bits per heavy atom. The molecule has 0 bridgehead atoms. The van der Waals surface area contributed by atoms with Crippen molar-refractivity contribution < 1.29 is 34.1 Å². The van der Waals surface area contributed by atoms with Gasteiger partial charge < -0.3 is 24.5 Å². The summed E-state index contributed by atoms with van der Waals surface area (Å²) in [5.74, 6) is -0.222. The molecule has 0 saturated heterocycles. The van der Waals surface area contributed by atoms with E-state index in [0.717, 1.165) is 11.9 Å². The SMILES string of the molecule is C=CCOCC(O)C[N+](C)(C)CCCC1C(=O)c2cccc3c(OC)ccc(c23)C1=O.[OH-]. The molecule has 2 atom stereocenters. The number of Topliss-reactive ketones (excluding diaryl/α,β-unsaturated/α-hetero) is 2. The molecule has 0 fully saturated rings. The average Bonchev–Trinajstić information content (AvgIpc) is 2.73. The van der Waals surface area contributed by atoms with Gasteiger partial charge in [0.15, 0.2) is 11.6 Å². The van der Waals surface area contributed by atoms with E-state index in [4.69, 9.17) is 9.47 Å². The Morgan fingerprint density at radius 2 is 1.84 bits per heavy atom. The summed E-state index contributed by atoms with van der Waals surface area (Å²) in [4.78, 5) is 26.3. The summed E-state index contributed by atoms with van der Waals surface area (Å²) in [6.45, 7) is 5.55. The molecule has 2 aromatic carbocycles. The molecule has 0 spiro atoms. The van der Waals surface area contributed by atoms with Crippen LogP contribution in [0.25, 0.3) is 10.8 Å². The zero-order valence-corrected chi connectivity index (χ0v) is 19.0. The predicted molar refractivity (Wildman–Crippen MR) is 123 cm³/mol. The molecule has 0 radical (unpaired) electrons. The number of hydrogen-bond donors (Lipinski definition) is 1. The van der Waals surface area contributed by atoms with Crippen LogP contribution in [0.4, 0.5) is 0 Å². The minimum Gasteiger partial charge on any atom is -0.870 e. The molecule has 0 heterocycles. The highest BCUT2D eigenvalue weighted by Crippen LogP contribution is 2.38. The Morgan fingerprint density at radius 1 is 1.16 bits per heavy atom. The van der Waals surface area contributed by atoms with E-state index in [1.165, 1.54) is 0 Å². The maximum Gasteiger partial charge on any atom is 0.174 e. The van der Waals surface area contributed by atoms with Crippen molar-refractivity contribution in [1.82, 2.24) is 0 Å². The van der Waals surface area contributed by atoms with Crippen LogP contribution in [0.3, 0.4) is 0 Å². The third kappa shape index (κ3) is 5.42. The van der Waals surface area contributed by atoms with Gasteiger partial charge in [-0.2, -0.15) is 0 Å². The van der Waals surface area contributed by atoms with Crippen molar-refractivity contribution in [2.75, 3.05) is 47.5 Å². The molecule has 7 heteroatoms. The number of benzene rings is 2. The highest BCUT2D eigenvalue weighted by Gasteiger charge is 2.36. The van der Waals surface area contributed by atoms with Crippen molar-refractivity contribution in [3.63, 3.8) is 0 Å². The molecule has 0 aromatic heterocycles. The van der Waals surface area contributed by atoms with E-state index in [-0.39, 0.29) is 23.6 Å². The van der Waals surface area contributed by atoms with E-state index < -0.39 is 12.0 Å². The highest BCUT2D eigenvalue weighted by molar-refractivity contribution is 6.29. The van der Waals surface area contributed by atoms with Gasteiger partial charge in [0, 0.05) is 21.9 Å². The summed E-state index contributed by atoms with van der Waals surface area (Å²) >= 11 is 0. The fourth-order valence-electron chi connectivity index (χ4n) is 4.45. The molecule has 2 aromatic rings. The van der Waals surface area contributed by atoms with Crippen LogP contribution in [0.1, 0.15) is 33.6 Å². The van der Waals surface area contributed by atoms with Crippen molar-refractivity contribution in [2.45, 2.75) is 18.9 Å². The number of nitrogens with zero attached hydrogens (tertiary/aromatic N) is 1. The summed E-state index contributed by atoms with van der Waals surface area (Å²) < 4.78 is 11.3. The summed E-state index contributed by atoms with van der Waals surface area (Å²) in [6.07, 6.45) is 2.27. The molecule has 0 aliphatic heterocycles. The molecule has 32 heavy (non-hydrogen) atoms. The van der Waals surface area contributed by atoms with E-state index >= 15 is 0 Å². The lowest BCUT2D eigenvalue weighted by molar-refractivity contribution is -0.893. The molecule has 174 valence electrons. The number of carbonyl (C=O) groups is 2. The first-order chi connectivity index (χ1) is 14.8. The fourth-order valence-corrected chi connectivity index (χ4v) is 4.45. The molecule has 0 amide bonds. The second kappa shape index (κ2) is 10.8. The second-order valence-electron chi connectivity index (χ2n) is 8.79. The minimum atomic E-state index is -0.660. The maximum atomic E-state index is 13.2. The third-order valence-corrected chi connectivity index (χ3v) is 5.89. The number of ether oxygens (including phenoxy) is 2. The predicted octanol–water partition coefficient (Wildman–Crippen LogP) is 3.09. The first kappa shape index (κ1) is 25.7. The van der Waals surface area contributed by atoms with Crippen molar-refractivity contribution in [1.29, 1.82) is 0 Å². The zero-order chi connectivity index (χ0) is 22.6. The first-order valence-electron chi connectivity index (χ1n) is 10.7. The molecule has 7 nitrogen and oxygen atoms in total. The first-order valence-corrected chi connectivity index (χ1v) is 10.7. The quantitative estimate of drug-likeness (QED) is 0.248. The third-order valence-electron chi connectivity index (χ3n) is 5.89. The van der Waals surface area contributed by atoms with Gasteiger partial charge in [0.05, 0.1) is 46.9 Å². The van der Waals surface area contributed by atoms with Gasteiger partial charge in [0.2, 0.25) is 0 Å². The summed E-state index contributed by atoms with van der Waals surface area (Å²) in [5.41, 5.74) is 1.19. The van der Waals surface area contributed by atoms with E-state index in [0.29, 0.717) is 52.7 Å². The largest absolute Gasteiger partial charge is 0.870 e. The van der Waals surface area contributed by atoms with Crippen molar-refractivity contribution in [3.8, 4) is 5.75 Å². The van der Waals surface area contributed by atoms with E-state index in [1.54, 1.807) is 31.4 Å². The van der Waals surface area contributed by atoms with Gasteiger partial charge in [-0.1, -0.05) is 24.3 Å². The number of aliphatic hydroxyl groups excluding tert-OH is 1. The number of likely N-dealkylation sites (N-methyl/N-ethyl adjacent to an activating group) is 1. The molecular formula is C25H33NO6. The fraction of sp³-hybridized carbons (Fsp3) is 0.440. The van der Waals surface area contributed by atoms with Gasteiger partial charge in [-0.15, -0.1) is 6.58 Å². The van der Waals surface area contributed by atoms with Crippen LogP contribution in [0.2, 0.25) is 0 Å². The molecule has 0 saturated carbocycles. The van der Waals surface area contributed by atoms with E-state index in [2.05, 4.69) is 6.58 Å². The van der Waals surface area contributed by atoms with Crippen molar-refractivity contribution >= 4 is 22.3 Å². The average molecular weight is 444 g/mol. The van der Waals surface area contributed by atoms with Crippen LogP contribution in [0, 0.1) is 5.92 Å². The lowest BCUT2D eigenvalue weighted by Crippen LogP contribution is -2.47. The lowest BCUT2D eigenvalue weighted by Gasteiger charge is -2.32. The Hall–Kier alpha value is -2.58. The second-order valence-corrected chi connectivity index (χ2v) is 8.79. The van der Waals surface area contributed by atoms with Crippen LogP contribution in [0.5, 0.6) is 5.75 Å². The van der Waals surface area contributed by atoms with Gasteiger partial charge in [-0.3, -0.25) is 9.59 Å². The molecule has 3 rings (SSSR count). The number of quaternary nitrogens is 1. The van der Waals surface area contributed by atoms with Crippen LogP contribution in [0.15, 0.2) is 43.0 Å². The van der Waals surface area contributed by atoms with Crippen LogP contribution < -0.4 is 4.74 Å². The number of rotatable bonds is 11. The Labute approximate surface area is 189 Å². The maximum absolute atomic E-state index is 13.2.